The Hall–Kier alpha value is -5.47. The van der Waals surface area contributed by atoms with Gasteiger partial charge in [0.05, 0.1) is 41.0 Å². The Morgan fingerprint density at radius 2 is 1.77 bits per heavy atom. The SMILES string of the molecule is CC(C)n1cc(-c2nc3c(=O)cc(C(=O)NCc4cccc(C(C)(C)O)n4)[nH]c3nc2-c2cccc(C#N)c2)ccc1=O. The summed E-state index contributed by atoms with van der Waals surface area (Å²) in [6.07, 6.45) is 1.66. The molecule has 0 aliphatic rings. The molecule has 5 rings (SSSR count). The molecule has 0 aliphatic carbocycles. The van der Waals surface area contributed by atoms with E-state index in [0.717, 1.165) is 6.07 Å². The van der Waals surface area contributed by atoms with Gasteiger partial charge < -0.3 is 20.0 Å². The van der Waals surface area contributed by atoms with Crippen LogP contribution in [0.4, 0.5) is 0 Å². The number of nitriles is 1. The van der Waals surface area contributed by atoms with Crippen molar-refractivity contribution in [2.75, 3.05) is 0 Å². The maximum atomic E-state index is 13.3. The van der Waals surface area contributed by atoms with E-state index in [0.29, 0.717) is 39.5 Å². The average molecular weight is 576 g/mol. The van der Waals surface area contributed by atoms with E-state index in [-0.39, 0.29) is 35.0 Å². The van der Waals surface area contributed by atoms with Crippen LogP contribution in [-0.2, 0) is 12.1 Å². The van der Waals surface area contributed by atoms with Gasteiger partial charge in [0.2, 0.25) is 5.43 Å². The summed E-state index contributed by atoms with van der Waals surface area (Å²) in [7, 11) is 0. The van der Waals surface area contributed by atoms with Crippen LogP contribution in [0.1, 0.15) is 61.2 Å². The Balaban J connectivity index is 1.59. The quantitative estimate of drug-likeness (QED) is 0.263. The maximum Gasteiger partial charge on any atom is 0.268 e. The van der Waals surface area contributed by atoms with E-state index < -0.39 is 16.9 Å². The number of aromatic nitrogens is 5. The van der Waals surface area contributed by atoms with Crippen LogP contribution in [0.15, 0.2) is 76.4 Å². The van der Waals surface area contributed by atoms with Crippen LogP contribution >= 0.6 is 0 Å². The van der Waals surface area contributed by atoms with Gasteiger partial charge in [-0.3, -0.25) is 19.4 Å². The van der Waals surface area contributed by atoms with Crippen molar-refractivity contribution in [3.63, 3.8) is 0 Å². The highest BCUT2D eigenvalue weighted by Gasteiger charge is 2.20. The molecule has 43 heavy (non-hydrogen) atoms. The molecule has 4 heterocycles. The number of H-pyrrole nitrogens is 1. The number of carbonyl (C=O) groups is 1. The molecule has 3 N–H and O–H groups in total. The van der Waals surface area contributed by atoms with Crippen LogP contribution < -0.4 is 16.3 Å². The number of aliphatic hydroxyl groups is 1. The summed E-state index contributed by atoms with van der Waals surface area (Å²) in [5.41, 5.74) is 1.44. The minimum Gasteiger partial charge on any atom is -0.384 e. The van der Waals surface area contributed by atoms with Gasteiger partial charge in [0.1, 0.15) is 11.3 Å². The first-order chi connectivity index (χ1) is 20.4. The topological polar surface area (TPSA) is 167 Å². The van der Waals surface area contributed by atoms with Gasteiger partial charge in [0, 0.05) is 35.5 Å². The molecular weight excluding hydrogens is 546 g/mol. The number of amides is 1. The fraction of sp³-hybridized carbons (Fsp3) is 0.219. The molecule has 1 aromatic carbocycles. The second-order valence-electron chi connectivity index (χ2n) is 10.9. The zero-order valence-electron chi connectivity index (χ0n) is 24.0. The lowest BCUT2D eigenvalue weighted by Crippen LogP contribution is -2.27. The lowest BCUT2D eigenvalue weighted by Gasteiger charge is -2.17. The fourth-order valence-corrected chi connectivity index (χ4v) is 4.55. The van der Waals surface area contributed by atoms with Gasteiger partial charge in [0.15, 0.2) is 11.2 Å². The van der Waals surface area contributed by atoms with Crippen molar-refractivity contribution >= 4 is 17.1 Å². The third-order valence-corrected chi connectivity index (χ3v) is 6.80. The highest BCUT2D eigenvalue weighted by atomic mass is 16.3. The largest absolute Gasteiger partial charge is 0.384 e. The van der Waals surface area contributed by atoms with Crippen LogP contribution in [0.2, 0.25) is 0 Å². The molecule has 5 aromatic rings. The normalized spacial score (nSPS) is 11.5. The fourth-order valence-electron chi connectivity index (χ4n) is 4.55. The minimum absolute atomic E-state index is 0.00794. The summed E-state index contributed by atoms with van der Waals surface area (Å²) in [6.45, 7) is 7.06. The summed E-state index contributed by atoms with van der Waals surface area (Å²) in [4.78, 5) is 55.5. The van der Waals surface area contributed by atoms with Crippen molar-refractivity contribution in [1.82, 2.24) is 29.8 Å². The van der Waals surface area contributed by atoms with Gasteiger partial charge in [-0.1, -0.05) is 18.2 Å². The highest BCUT2D eigenvalue weighted by Crippen LogP contribution is 2.30. The lowest BCUT2D eigenvalue weighted by atomic mass is 10.0. The van der Waals surface area contributed by atoms with Crippen LogP contribution in [0, 0.1) is 11.3 Å². The summed E-state index contributed by atoms with van der Waals surface area (Å²) >= 11 is 0. The standard InChI is InChI=1S/C32H29N7O4/c1-18(2)39-17-21(11-12-26(39)41)28-27(20-8-5-7-19(13-20)15-33)38-30-29(37-28)24(40)14-23(36-30)31(42)34-16-22-9-6-10-25(35-22)32(3,4)43/h5-14,17-18,43H,16H2,1-4H3,(H,34,42)(H,36,38,40). The molecule has 0 bridgehead atoms. The van der Waals surface area contributed by atoms with Crippen molar-refractivity contribution in [3.05, 3.63) is 110 Å². The first-order valence-corrected chi connectivity index (χ1v) is 13.6. The Labute approximate surface area is 246 Å². The van der Waals surface area contributed by atoms with E-state index in [1.807, 2.05) is 13.8 Å². The Morgan fingerprint density at radius 1 is 1.02 bits per heavy atom. The molecule has 0 saturated heterocycles. The van der Waals surface area contributed by atoms with Gasteiger partial charge in [-0.25, -0.2) is 9.97 Å². The number of nitrogens with one attached hydrogen (secondary N) is 2. The van der Waals surface area contributed by atoms with Crippen molar-refractivity contribution in [3.8, 4) is 28.6 Å². The molecule has 0 atom stereocenters. The number of carbonyl (C=O) groups excluding carboxylic acids is 1. The molecular formula is C32H29N7O4. The smallest absolute Gasteiger partial charge is 0.268 e. The van der Waals surface area contributed by atoms with E-state index in [4.69, 9.17) is 4.98 Å². The molecule has 0 fully saturated rings. The number of rotatable bonds is 7. The minimum atomic E-state index is -1.14. The number of fused-ring (bicyclic) bond motifs is 1. The predicted molar refractivity (Wildman–Crippen MR) is 161 cm³/mol. The number of hydrogen-bond acceptors (Lipinski definition) is 8. The molecule has 4 aromatic heterocycles. The molecule has 0 radical (unpaired) electrons. The van der Waals surface area contributed by atoms with Gasteiger partial charge in [-0.05, 0) is 58.0 Å². The third-order valence-electron chi connectivity index (χ3n) is 6.80. The summed E-state index contributed by atoms with van der Waals surface area (Å²) in [5, 5.41) is 22.5. The molecule has 0 spiro atoms. The number of pyridine rings is 3. The lowest BCUT2D eigenvalue weighted by molar-refractivity contribution is 0.0736. The summed E-state index contributed by atoms with van der Waals surface area (Å²) < 4.78 is 1.56. The van der Waals surface area contributed by atoms with Crippen molar-refractivity contribution in [1.29, 1.82) is 5.26 Å². The molecule has 216 valence electrons. The van der Waals surface area contributed by atoms with Crippen LogP contribution in [0.3, 0.4) is 0 Å². The molecule has 0 aliphatic heterocycles. The van der Waals surface area contributed by atoms with E-state index >= 15 is 0 Å². The highest BCUT2D eigenvalue weighted by molar-refractivity contribution is 5.94. The van der Waals surface area contributed by atoms with Gasteiger partial charge in [-0.2, -0.15) is 5.26 Å². The Bertz CT molecular complexity index is 2030. The summed E-state index contributed by atoms with van der Waals surface area (Å²) in [5.74, 6) is -0.558. The second kappa shape index (κ2) is 11.4. The van der Waals surface area contributed by atoms with E-state index in [1.165, 1.54) is 6.07 Å². The predicted octanol–water partition coefficient (Wildman–Crippen LogP) is 3.82. The average Bonchev–Trinajstić information content (AvgIpc) is 2.99. The number of aromatic amines is 1. The van der Waals surface area contributed by atoms with Crippen LogP contribution in [0.5, 0.6) is 0 Å². The van der Waals surface area contributed by atoms with Gasteiger partial charge in [-0.15, -0.1) is 0 Å². The Kier molecular flexibility index (Phi) is 7.72. The van der Waals surface area contributed by atoms with Gasteiger partial charge in [0.25, 0.3) is 11.5 Å². The van der Waals surface area contributed by atoms with E-state index in [1.54, 1.807) is 73.1 Å². The van der Waals surface area contributed by atoms with E-state index in [9.17, 15) is 24.8 Å². The zero-order chi connectivity index (χ0) is 30.9. The number of benzene rings is 1. The van der Waals surface area contributed by atoms with E-state index in [2.05, 4.69) is 26.3 Å². The maximum absolute atomic E-state index is 13.3. The number of hydrogen-bond donors (Lipinski definition) is 3. The molecule has 0 saturated carbocycles. The number of nitrogens with zero attached hydrogens (tertiary/aromatic N) is 5. The van der Waals surface area contributed by atoms with Crippen molar-refractivity contribution in [2.45, 2.75) is 45.9 Å². The second-order valence-corrected chi connectivity index (χ2v) is 10.9. The van der Waals surface area contributed by atoms with Crippen molar-refractivity contribution < 1.29 is 9.90 Å². The summed E-state index contributed by atoms with van der Waals surface area (Å²) in [6, 6.07) is 18.1. The van der Waals surface area contributed by atoms with Crippen LogP contribution in [0.25, 0.3) is 33.7 Å². The molecule has 0 unspecified atom stereocenters. The van der Waals surface area contributed by atoms with Crippen LogP contribution in [-0.4, -0.2) is 35.5 Å². The molecule has 1 amide bonds. The Morgan fingerprint density at radius 3 is 2.49 bits per heavy atom. The van der Waals surface area contributed by atoms with Gasteiger partial charge >= 0.3 is 0 Å². The third kappa shape index (κ3) is 6.10. The first kappa shape index (κ1) is 29.0. The molecule has 11 heteroatoms. The zero-order valence-corrected chi connectivity index (χ0v) is 24.0. The van der Waals surface area contributed by atoms with Crippen molar-refractivity contribution in [2.24, 2.45) is 0 Å². The monoisotopic (exact) mass is 575 g/mol. The first-order valence-electron chi connectivity index (χ1n) is 13.6. The molecule has 11 nitrogen and oxygen atoms in total.